The molecule has 2 rings (SSSR count). The highest BCUT2D eigenvalue weighted by atomic mass is 127. The first kappa shape index (κ1) is 13.3. The molecule has 1 aliphatic heterocycles. The number of nitrogens with zero attached hydrogens (tertiary/aromatic N) is 2. The molecule has 96 valence electrons. The predicted octanol–water partition coefficient (Wildman–Crippen LogP) is 3.18. The summed E-state index contributed by atoms with van der Waals surface area (Å²) < 4.78 is 9.40. The fourth-order valence-electron chi connectivity index (χ4n) is 2.46. The second-order valence-electron chi connectivity index (χ2n) is 4.74. The molecule has 1 aliphatic rings. The number of hydrogen-bond acceptors (Lipinski definition) is 2. The Morgan fingerprint density at radius 2 is 2.12 bits per heavy atom. The van der Waals surface area contributed by atoms with Crippen LogP contribution in [0.2, 0.25) is 0 Å². The summed E-state index contributed by atoms with van der Waals surface area (Å²) in [6.45, 7) is 7.45. The minimum absolute atomic E-state index is 0.357. The molecule has 1 aromatic rings. The van der Waals surface area contributed by atoms with Crippen LogP contribution in [0.25, 0.3) is 0 Å². The van der Waals surface area contributed by atoms with Gasteiger partial charge >= 0.3 is 0 Å². The Balaban J connectivity index is 2.14. The van der Waals surface area contributed by atoms with Crippen LogP contribution < -0.4 is 0 Å². The number of aryl methyl sites for hydroxylation is 1. The summed E-state index contributed by atoms with van der Waals surface area (Å²) >= 11 is 2.43. The molecule has 1 saturated heterocycles. The minimum atomic E-state index is 0.357. The summed E-state index contributed by atoms with van der Waals surface area (Å²) in [6, 6.07) is 0. The molecule has 1 aromatic heterocycles. The van der Waals surface area contributed by atoms with Gasteiger partial charge in [-0.2, -0.15) is 5.10 Å². The fraction of sp³-hybridized carbons (Fsp3) is 0.769. The zero-order valence-corrected chi connectivity index (χ0v) is 13.0. The number of aromatic nitrogens is 2. The van der Waals surface area contributed by atoms with Crippen molar-refractivity contribution in [3.8, 4) is 0 Å². The molecular weight excluding hydrogens is 327 g/mol. The maximum Gasteiger partial charge on any atom is 0.0775 e. The van der Waals surface area contributed by atoms with E-state index in [1.165, 1.54) is 27.8 Å². The van der Waals surface area contributed by atoms with Gasteiger partial charge in [-0.1, -0.05) is 13.8 Å². The number of halogens is 1. The van der Waals surface area contributed by atoms with E-state index in [9.17, 15) is 0 Å². The van der Waals surface area contributed by atoms with Crippen LogP contribution in [0.15, 0.2) is 0 Å². The van der Waals surface area contributed by atoms with Gasteiger partial charge in [-0.3, -0.25) is 4.68 Å². The van der Waals surface area contributed by atoms with E-state index in [1.807, 2.05) is 0 Å². The molecule has 2 atom stereocenters. The van der Waals surface area contributed by atoms with E-state index in [0.717, 1.165) is 19.4 Å². The lowest BCUT2D eigenvalue weighted by Crippen LogP contribution is -2.19. The summed E-state index contributed by atoms with van der Waals surface area (Å²) in [4.78, 5) is 0. The van der Waals surface area contributed by atoms with Crippen LogP contribution >= 0.6 is 22.6 Å². The lowest BCUT2D eigenvalue weighted by molar-refractivity contribution is 0.0431. The Bertz CT molecular complexity index is 389. The van der Waals surface area contributed by atoms with Crippen LogP contribution in [-0.2, 0) is 24.1 Å². The van der Waals surface area contributed by atoms with Gasteiger partial charge in [0.05, 0.1) is 33.7 Å². The lowest BCUT2D eigenvalue weighted by atomic mass is 10.2. The van der Waals surface area contributed by atoms with Gasteiger partial charge in [0, 0.05) is 0 Å². The first-order valence-electron chi connectivity index (χ1n) is 6.55. The Labute approximate surface area is 117 Å². The second-order valence-corrected chi connectivity index (χ2v) is 5.82. The smallest absolute Gasteiger partial charge is 0.0775 e. The molecule has 0 spiro atoms. The molecule has 2 heterocycles. The Morgan fingerprint density at radius 1 is 1.35 bits per heavy atom. The molecule has 0 aromatic carbocycles. The second kappa shape index (κ2) is 5.69. The molecule has 0 bridgehead atoms. The molecule has 0 aliphatic carbocycles. The number of rotatable bonds is 4. The fourth-order valence-corrected chi connectivity index (χ4v) is 3.61. The van der Waals surface area contributed by atoms with Crippen molar-refractivity contribution in [3.05, 3.63) is 15.0 Å². The topological polar surface area (TPSA) is 27.1 Å². The molecule has 1 fully saturated rings. The van der Waals surface area contributed by atoms with E-state index in [1.54, 1.807) is 0 Å². The SMILES string of the molecule is CCc1nn(CC2CCC(C)O2)c(CC)c1I. The molecule has 0 N–H and O–H groups in total. The average molecular weight is 348 g/mol. The third kappa shape index (κ3) is 2.84. The van der Waals surface area contributed by atoms with Gasteiger partial charge in [0.15, 0.2) is 0 Å². The zero-order valence-electron chi connectivity index (χ0n) is 10.9. The van der Waals surface area contributed by atoms with Gasteiger partial charge in [0.25, 0.3) is 0 Å². The van der Waals surface area contributed by atoms with Gasteiger partial charge in [0.1, 0.15) is 0 Å². The van der Waals surface area contributed by atoms with Crippen molar-refractivity contribution in [2.75, 3.05) is 0 Å². The highest BCUT2D eigenvalue weighted by Gasteiger charge is 2.24. The predicted molar refractivity (Wildman–Crippen MR) is 77.3 cm³/mol. The average Bonchev–Trinajstić information content (AvgIpc) is 2.83. The molecule has 0 amide bonds. The molecule has 3 nitrogen and oxygen atoms in total. The highest BCUT2D eigenvalue weighted by Crippen LogP contribution is 2.23. The maximum absolute atomic E-state index is 5.88. The van der Waals surface area contributed by atoms with Crippen LogP contribution in [0, 0.1) is 3.57 Å². The van der Waals surface area contributed by atoms with Crippen molar-refractivity contribution in [1.29, 1.82) is 0 Å². The van der Waals surface area contributed by atoms with Crippen LogP contribution in [0.4, 0.5) is 0 Å². The van der Waals surface area contributed by atoms with Gasteiger partial charge < -0.3 is 4.74 Å². The Hall–Kier alpha value is -0.100. The van der Waals surface area contributed by atoms with Crippen molar-refractivity contribution in [3.63, 3.8) is 0 Å². The molecule has 4 heteroatoms. The Morgan fingerprint density at radius 3 is 2.65 bits per heavy atom. The molecular formula is C13H21IN2O. The number of hydrogen-bond donors (Lipinski definition) is 0. The van der Waals surface area contributed by atoms with Crippen molar-refractivity contribution >= 4 is 22.6 Å². The summed E-state index contributed by atoms with van der Waals surface area (Å²) in [5.41, 5.74) is 2.60. The molecule has 0 radical (unpaired) electrons. The standard InChI is InChI=1S/C13H21IN2O/c1-4-11-13(14)12(5-2)16(15-11)8-10-7-6-9(3)17-10/h9-10H,4-8H2,1-3H3. The van der Waals surface area contributed by atoms with E-state index in [4.69, 9.17) is 9.84 Å². The quantitative estimate of drug-likeness (QED) is 0.782. The summed E-state index contributed by atoms with van der Waals surface area (Å²) in [5.74, 6) is 0. The van der Waals surface area contributed by atoms with Crippen LogP contribution in [0.5, 0.6) is 0 Å². The monoisotopic (exact) mass is 348 g/mol. The third-order valence-corrected chi connectivity index (χ3v) is 4.67. The molecule has 17 heavy (non-hydrogen) atoms. The highest BCUT2D eigenvalue weighted by molar-refractivity contribution is 14.1. The van der Waals surface area contributed by atoms with Gasteiger partial charge in [-0.05, 0) is 55.2 Å². The van der Waals surface area contributed by atoms with Crippen LogP contribution in [-0.4, -0.2) is 22.0 Å². The van der Waals surface area contributed by atoms with Crippen molar-refractivity contribution in [2.24, 2.45) is 0 Å². The first-order chi connectivity index (χ1) is 8.15. The number of ether oxygens (including phenoxy) is 1. The first-order valence-corrected chi connectivity index (χ1v) is 7.63. The van der Waals surface area contributed by atoms with Crippen LogP contribution in [0.3, 0.4) is 0 Å². The van der Waals surface area contributed by atoms with Crippen LogP contribution in [0.1, 0.15) is 45.0 Å². The normalized spacial score (nSPS) is 24.5. The van der Waals surface area contributed by atoms with Crippen molar-refractivity contribution in [1.82, 2.24) is 9.78 Å². The van der Waals surface area contributed by atoms with Gasteiger partial charge in [-0.25, -0.2) is 0 Å². The summed E-state index contributed by atoms with van der Waals surface area (Å²) in [6.07, 6.45) is 5.20. The molecule has 2 unspecified atom stereocenters. The van der Waals surface area contributed by atoms with Gasteiger partial charge in [0.2, 0.25) is 0 Å². The lowest BCUT2D eigenvalue weighted by Gasteiger charge is -2.13. The summed E-state index contributed by atoms with van der Waals surface area (Å²) in [7, 11) is 0. The third-order valence-electron chi connectivity index (χ3n) is 3.43. The Kier molecular flexibility index (Phi) is 4.47. The van der Waals surface area contributed by atoms with E-state index >= 15 is 0 Å². The minimum Gasteiger partial charge on any atom is -0.373 e. The largest absolute Gasteiger partial charge is 0.373 e. The zero-order chi connectivity index (χ0) is 12.4. The van der Waals surface area contributed by atoms with Gasteiger partial charge in [-0.15, -0.1) is 0 Å². The van der Waals surface area contributed by atoms with E-state index < -0.39 is 0 Å². The van der Waals surface area contributed by atoms with Crippen molar-refractivity contribution in [2.45, 2.75) is 65.2 Å². The molecule has 0 saturated carbocycles. The maximum atomic E-state index is 5.88. The summed E-state index contributed by atoms with van der Waals surface area (Å²) in [5, 5.41) is 4.72. The van der Waals surface area contributed by atoms with E-state index in [2.05, 4.69) is 48.0 Å². The van der Waals surface area contributed by atoms with Crippen molar-refractivity contribution < 1.29 is 4.74 Å². The van der Waals surface area contributed by atoms with E-state index in [0.29, 0.717) is 12.2 Å². The van der Waals surface area contributed by atoms with E-state index in [-0.39, 0.29) is 0 Å².